The number of hydrogen-bond acceptors (Lipinski definition) is 3. The van der Waals surface area contributed by atoms with Gasteiger partial charge in [0, 0.05) is 0 Å². The van der Waals surface area contributed by atoms with E-state index < -0.39 is 10.1 Å². The fourth-order valence-electron chi connectivity index (χ4n) is 1.17. The summed E-state index contributed by atoms with van der Waals surface area (Å²) in [5.41, 5.74) is 0. The van der Waals surface area contributed by atoms with Crippen LogP contribution in [0.25, 0.3) is 0 Å². The third kappa shape index (κ3) is 8.51. The van der Waals surface area contributed by atoms with Crippen LogP contribution in [0.3, 0.4) is 0 Å². The zero-order chi connectivity index (χ0) is 11.0. The summed E-state index contributed by atoms with van der Waals surface area (Å²) in [6.45, 7) is 6.21. The fraction of sp³-hybridized carbons (Fsp3) is 1.00. The third-order valence-electron chi connectivity index (χ3n) is 1.80. The predicted molar refractivity (Wildman–Crippen MR) is 58.7 cm³/mol. The molecule has 0 aromatic rings. The first-order chi connectivity index (χ1) is 6.48. The largest absolute Gasteiger partial charge is 0.270 e. The van der Waals surface area contributed by atoms with Crippen molar-refractivity contribution in [2.24, 2.45) is 5.92 Å². The maximum Gasteiger partial charge on any atom is 0.267 e. The SMILES string of the molecule is CCCCCCOS(=O)(=O)CC(C)C. The quantitative estimate of drug-likeness (QED) is 0.468. The van der Waals surface area contributed by atoms with Crippen molar-refractivity contribution >= 4 is 10.1 Å². The molecule has 0 rings (SSSR count). The topological polar surface area (TPSA) is 43.4 Å². The van der Waals surface area contributed by atoms with Crippen molar-refractivity contribution in [3.05, 3.63) is 0 Å². The summed E-state index contributed by atoms with van der Waals surface area (Å²) >= 11 is 0. The highest BCUT2D eigenvalue weighted by Crippen LogP contribution is 2.05. The molecule has 0 saturated carbocycles. The van der Waals surface area contributed by atoms with Crippen molar-refractivity contribution in [1.29, 1.82) is 0 Å². The normalized spacial score (nSPS) is 12.3. The lowest BCUT2D eigenvalue weighted by atomic mass is 10.2. The van der Waals surface area contributed by atoms with Crippen LogP contribution in [-0.2, 0) is 14.3 Å². The molecule has 0 aliphatic rings. The van der Waals surface area contributed by atoms with Crippen LogP contribution >= 0.6 is 0 Å². The van der Waals surface area contributed by atoms with Crippen LogP contribution in [0.1, 0.15) is 46.5 Å². The molecule has 0 aliphatic carbocycles. The molecule has 0 unspecified atom stereocenters. The summed E-state index contributed by atoms with van der Waals surface area (Å²) in [4.78, 5) is 0. The van der Waals surface area contributed by atoms with Crippen LogP contribution in [0.15, 0.2) is 0 Å². The Bertz CT molecular complexity index is 220. The van der Waals surface area contributed by atoms with E-state index in [2.05, 4.69) is 6.92 Å². The molecule has 0 saturated heterocycles. The second-order valence-corrected chi connectivity index (χ2v) is 5.69. The first-order valence-corrected chi connectivity index (χ1v) is 6.92. The number of rotatable bonds is 8. The maximum atomic E-state index is 11.3. The van der Waals surface area contributed by atoms with Gasteiger partial charge in [0.1, 0.15) is 0 Å². The summed E-state index contributed by atoms with van der Waals surface area (Å²) < 4.78 is 27.4. The van der Waals surface area contributed by atoms with Crippen molar-refractivity contribution in [3.63, 3.8) is 0 Å². The Morgan fingerprint density at radius 3 is 2.29 bits per heavy atom. The monoisotopic (exact) mass is 222 g/mol. The van der Waals surface area contributed by atoms with E-state index in [9.17, 15) is 8.42 Å². The average molecular weight is 222 g/mol. The number of hydrogen-bond donors (Lipinski definition) is 0. The Morgan fingerprint density at radius 2 is 1.79 bits per heavy atom. The van der Waals surface area contributed by atoms with E-state index in [0.29, 0.717) is 6.61 Å². The molecule has 14 heavy (non-hydrogen) atoms. The molecule has 0 aromatic heterocycles. The van der Waals surface area contributed by atoms with Gasteiger partial charge in [0.2, 0.25) is 0 Å². The Balaban J connectivity index is 3.56. The molecule has 0 N–H and O–H groups in total. The van der Waals surface area contributed by atoms with Gasteiger partial charge in [-0.2, -0.15) is 8.42 Å². The Labute approximate surface area is 88.0 Å². The van der Waals surface area contributed by atoms with Crippen LogP contribution < -0.4 is 0 Å². The molecular weight excluding hydrogens is 200 g/mol. The Morgan fingerprint density at radius 1 is 1.14 bits per heavy atom. The molecular formula is C10H22O3S. The van der Waals surface area contributed by atoms with E-state index in [1.165, 1.54) is 0 Å². The van der Waals surface area contributed by atoms with Gasteiger partial charge in [0.05, 0.1) is 12.4 Å². The summed E-state index contributed by atoms with van der Waals surface area (Å²) in [5, 5.41) is 0. The van der Waals surface area contributed by atoms with Gasteiger partial charge in [-0.25, -0.2) is 0 Å². The number of unbranched alkanes of at least 4 members (excludes halogenated alkanes) is 3. The van der Waals surface area contributed by atoms with Gasteiger partial charge < -0.3 is 0 Å². The van der Waals surface area contributed by atoms with Crippen molar-refractivity contribution in [2.75, 3.05) is 12.4 Å². The van der Waals surface area contributed by atoms with E-state index in [-0.39, 0.29) is 11.7 Å². The van der Waals surface area contributed by atoms with Crippen molar-refractivity contribution < 1.29 is 12.6 Å². The highest BCUT2D eigenvalue weighted by molar-refractivity contribution is 7.86. The Kier molecular flexibility index (Phi) is 7.19. The molecule has 0 aromatic carbocycles. The summed E-state index contributed by atoms with van der Waals surface area (Å²) in [7, 11) is -3.27. The van der Waals surface area contributed by atoms with Crippen molar-refractivity contribution in [2.45, 2.75) is 46.5 Å². The smallest absolute Gasteiger partial charge is 0.267 e. The molecule has 0 bridgehead atoms. The fourth-order valence-corrected chi connectivity index (χ4v) is 2.46. The first kappa shape index (κ1) is 13.9. The van der Waals surface area contributed by atoms with E-state index in [1.807, 2.05) is 13.8 Å². The lowest BCUT2D eigenvalue weighted by Crippen LogP contribution is -2.15. The van der Waals surface area contributed by atoms with Gasteiger partial charge in [-0.15, -0.1) is 0 Å². The molecule has 4 heteroatoms. The van der Waals surface area contributed by atoms with Gasteiger partial charge >= 0.3 is 0 Å². The molecule has 86 valence electrons. The second kappa shape index (κ2) is 7.23. The van der Waals surface area contributed by atoms with Crippen LogP contribution in [0.4, 0.5) is 0 Å². The molecule has 0 radical (unpaired) electrons. The van der Waals surface area contributed by atoms with Crippen LogP contribution in [-0.4, -0.2) is 20.8 Å². The minimum atomic E-state index is -3.27. The third-order valence-corrected chi connectivity index (χ3v) is 3.40. The van der Waals surface area contributed by atoms with Gasteiger partial charge in [-0.3, -0.25) is 4.18 Å². The average Bonchev–Trinajstić information content (AvgIpc) is 2.01. The molecule has 0 fully saturated rings. The van der Waals surface area contributed by atoms with Gasteiger partial charge in [-0.1, -0.05) is 40.0 Å². The minimum absolute atomic E-state index is 0.126. The highest BCUT2D eigenvalue weighted by Gasteiger charge is 2.12. The minimum Gasteiger partial charge on any atom is -0.270 e. The highest BCUT2D eigenvalue weighted by atomic mass is 32.2. The summed E-state index contributed by atoms with van der Waals surface area (Å²) in [6, 6.07) is 0. The summed E-state index contributed by atoms with van der Waals surface area (Å²) in [5.74, 6) is 0.261. The van der Waals surface area contributed by atoms with Crippen molar-refractivity contribution in [3.8, 4) is 0 Å². The zero-order valence-electron chi connectivity index (χ0n) is 9.45. The zero-order valence-corrected chi connectivity index (χ0v) is 10.3. The molecule has 3 nitrogen and oxygen atoms in total. The molecule has 0 spiro atoms. The van der Waals surface area contributed by atoms with Crippen LogP contribution in [0, 0.1) is 5.92 Å². The molecule has 0 heterocycles. The Hall–Kier alpha value is -0.0900. The standard InChI is InChI=1S/C10H22O3S/c1-4-5-6-7-8-13-14(11,12)9-10(2)3/h10H,4-9H2,1-3H3. The lowest BCUT2D eigenvalue weighted by Gasteiger charge is -2.07. The lowest BCUT2D eigenvalue weighted by molar-refractivity contribution is 0.304. The molecule has 0 amide bonds. The van der Waals surface area contributed by atoms with Crippen LogP contribution in [0.5, 0.6) is 0 Å². The van der Waals surface area contributed by atoms with E-state index in [0.717, 1.165) is 25.7 Å². The van der Waals surface area contributed by atoms with E-state index in [4.69, 9.17) is 4.18 Å². The molecule has 0 aliphatic heterocycles. The van der Waals surface area contributed by atoms with Crippen molar-refractivity contribution in [1.82, 2.24) is 0 Å². The summed E-state index contributed by atoms with van der Waals surface area (Å²) in [6.07, 6.45) is 4.19. The van der Waals surface area contributed by atoms with Gasteiger partial charge in [-0.05, 0) is 12.3 Å². The van der Waals surface area contributed by atoms with Crippen LogP contribution in [0.2, 0.25) is 0 Å². The maximum absolute atomic E-state index is 11.3. The van der Waals surface area contributed by atoms with E-state index >= 15 is 0 Å². The van der Waals surface area contributed by atoms with Gasteiger partial charge in [0.25, 0.3) is 10.1 Å². The van der Waals surface area contributed by atoms with Gasteiger partial charge in [0.15, 0.2) is 0 Å². The molecule has 0 atom stereocenters. The first-order valence-electron chi connectivity index (χ1n) is 5.35. The second-order valence-electron chi connectivity index (χ2n) is 4.00. The predicted octanol–water partition coefficient (Wildman–Crippen LogP) is 2.57. The van der Waals surface area contributed by atoms with E-state index in [1.54, 1.807) is 0 Å².